The maximum Gasteiger partial charge on any atom is 0.253 e. The van der Waals surface area contributed by atoms with Crippen LogP contribution in [0.25, 0.3) is 0 Å². The molecule has 0 aliphatic carbocycles. The van der Waals surface area contributed by atoms with Gasteiger partial charge in [-0.1, -0.05) is 11.8 Å². The molecule has 20 heavy (non-hydrogen) atoms. The molecule has 0 atom stereocenters. The lowest BCUT2D eigenvalue weighted by Gasteiger charge is -2.22. The number of carbonyl (C=O) groups is 2. The summed E-state index contributed by atoms with van der Waals surface area (Å²) in [5.74, 6) is 3.36. The van der Waals surface area contributed by atoms with Crippen LogP contribution in [0.4, 0.5) is 4.39 Å². The lowest BCUT2D eigenvalue weighted by Crippen LogP contribution is -2.53. The van der Waals surface area contributed by atoms with E-state index in [0.717, 1.165) is 6.07 Å². The third-order valence-electron chi connectivity index (χ3n) is 2.59. The number of benzene rings is 1. The molecule has 0 unspecified atom stereocenters. The Morgan fingerprint density at radius 3 is 2.60 bits per heavy atom. The topological polar surface area (TPSA) is 98.2 Å². The lowest BCUT2D eigenvalue weighted by molar-refractivity contribution is -0.122. The zero-order chi connectivity index (χ0) is 15.3. The van der Waals surface area contributed by atoms with Crippen LogP contribution in [0, 0.1) is 17.7 Å². The molecule has 5 N–H and O–H groups in total. The fourth-order valence-corrected chi connectivity index (χ4v) is 1.37. The van der Waals surface area contributed by atoms with Gasteiger partial charge in [-0.2, -0.15) is 0 Å². The zero-order valence-electron chi connectivity index (χ0n) is 11.3. The molecule has 0 radical (unpaired) electrons. The highest BCUT2D eigenvalue weighted by molar-refractivity contribution is 6.00. The molecule has 0 spiro atoms. The molecular weight excluding hydrogens is 261 g/mol. The first kappa shape index (κ1) is 15.7. The number of halogens is 1. The highest BCUT2D eigenvalue weighted by Crippen LogP contribution is 2.12. The minimum Gasteiger partial charge on any atom is -0.368 e. The maximum atomic E-state index is 13.3. The van der Waals surface area contributed by atoms with Crippen molar-refractivity contribution in [3.05, 3.63) is 35.1 Å². The molecule has 1 rings (SSSR count). The third-order valence-corrected chi connectivity index (χ3v) is 2.59. The van der Waals surface area contributed by atoms with E-state index in [4.69, 9.17) is 11.5 Å². The van der Waals surface area contributed by atoms with E-state index in [-0.39, 0.29) is 12.1 Å². The van der Waals surface area contributed by atoms with Crippen LogP contribution in [-0.2, 0) is 4.79 Å². The van der Waals surface area contributed by atoms with E-state index in [1.807, 2.05) is 0 Å². The first-order chi connectivity index (χ1) is 9.27. The number of rotatable bonds is 3. The average Bonchev–Trinajstić information content (AvgIpc) is 2.36. The molecule has 0 saturated heterocycles. The minimum absolute atomic E-state index is 0.0280. The molecule has 0 heterocycles. The van der Waals surface area contributed by atoms with Crippen LogP contribution in [-0.4, -0.2) is 23.9 Å². The SMILES string of the molecule is CC(C)(NC(=O)c1cc(F)ccc1C#CCN)C(N)=O. The molecule has 0 bridgehead atoms. The smallest absolute Gasteiger partial charge is 0.253 e. The normalized spacial score (nSPS) is 10.4. The third kappa shape index (κ3) is 3.80. The Morgan fingerprint density at radius 2 is 2.05 bits per heavy atom. The van der Waals surface area contributed by atoms with Crippen molar-refractivity contribution in [3.63, 3.8) is 0 Å². The highest BCUT2D eigenvalue weighted by atomic mass is 19.1. The van der Waals surface area contributed by atoms with E-state index in [0.29, 0.717) is 5.56 Å². The number of nitrogens with two attached hydrogens (primary N) is 2. The second-order valence-electron chi connectivity index (χ2n) is 4.64. The van der Waals surface area contributed by atoms with Crippen LogP contribution < -0.4 is 16.8 Å². The lowest BCUT2D eigenvalue weighted by atomic mass is 10.0. The quantitative estimate of drug-likeness (QED) is 0.685. The van der Waals surface area contributed by atoms with Gasteiger partial charge in [-0.15, -0.1) is 0 Å². The van der Waals surface area contributed by atoms with E-state index >= 15 is 0 Å². The van der Waals surface area contributed by atoms with E-state index in [2.05, 4.69) is 17.2 Å². The molecule has 6 heteroatoms. The largest absolute Gasteiger partial charge is 0.368 e. The Balaban J connectivity index is 3.15. The molecule has 2 amide bonds. The van der Waals surface area contributed by atoms with Crippen molar-refractivity contribution >= 4 is 11.8 Å². The molecule has 0 aliphatic heterocycles. The van der Waals surface area contributed by atoms with Crippen LogP contribution >= 0.6 is 0 Å². The molecular formula is C14H16FN3O2. The fourth-order valence-electron chi connectivity index (χ4n) is 1.37. The Bertz CT molecular complexity index is 600. The predicted molar refractivity (Wildman–Crippen MR) is 73.1 cm³/mol. The monoisotopic (exact) mass is 277 g/mol. The van der Waals surface area contributed by atoms with Gasteiger partial charge in [0.15, 0.2) is 0 Å². The summed E-state index contributed by atoms with van der Waals surface area (Å²) in [6.45, 7) is 3.03. The maximum absolute atomic E-state index is 13.3. The van der Waals surface area contributed by atoms with E-state index in [1.54, 1.807) is 0 Å². The van der Waals surface area contributed by atoms with Gasteiger partial charge in [0.1, 0.15) is 11.4 Å². The summed E-state index contributed by atoms with van der Waals surface area (Å²) in [4.78, 5) is 23.3. The summed E-state index contributed by atoms with van der Waals surface area (Å²) >= 11 is 0. The molecule has 1 aromatic rings. The number of nitrogens with one attached hydrogen (secondary N) is 1. The van der Waals surface area contributed by atoms with Gasteiger partial charge in [-0.3, -0.25) is 9.59 Å². The summed E-state index contributed by atoms with van der Waals surface area (Å²) in [6.07, 6.45) is 0. The summed E-state index contributed by atoms with van der Waals surface area (Å²) < 4.78 is 13.3. The fraction of sp³-hybridized carbons (Fsp3) is 0.286. The van der Waals surface area contributed by atoms with Crippen LogP contribution in [0.2, 0.25) is 0 Å². The Morgan fingerprint density at radius 1 is 1.40 bits per heavy atom. The van der Waals surface area contributed by atoms with Crippen molar-refractivity contribution in [2.75, 3.05) is 6.54 Å². The summed E-state index contributed by atoms with van der Waals surface area (Å²) in [5.41, 5.74) is 9.55. The molecule has 1 aromatic carbocycles. The van der Waals surface area contributed by atoms with Crippen molar-refractivity contribution in [3.8, 4) is 11.8 Å². The zero-order valence-corrected chi connectivity index (χ0v) is 11.3. The van der Waals surface area contributed by atoms with Gasteiger partial charge in [0, 0.05) is 5.56 Å². The van der Waals surface area contributed by atoms with Gasteiger partial charge in [-0.25, -0.2) is 4.39 Å². The summed E-state index contributed by atoms with van der Waals surface area (Å²) in [6, 6.07) is 3.62. The number of amides is 2. The second kappa shape index (κ2) is 6.17. The number of hydrogen-bond donors (Lipinski definition) is 3. The van der Waals surface area contributed by atoms with Crippen LogP contribution in [0.1, 0.15) is 29.8 Å². The van der Waals surface area contributed by atoms with Crippen molar-refractivity contribution in [2.45, 2.75) is 19.4 Å². The first-order valence-corrected chi connectivity index (χ1v) is 5.89. The van der Waals surface area contributed by atoms with Crippen molar-refractivity contribution in [2.24, 2.45) is 11.5 Å². The minimum atomic E-state index is -1.25. The van der Waals surface area contributed by atoms with Gasteiger partial charge < -0.3 is 16.8 Å². The Hall–Kier alpha value is -2.39. The van der Waals surface area contributed by atoms with Crippen molar-refractivity contribution < 1.29 is 14.0 Å². The standard InChI is InChI=1S/C14H16FN3O2/c1-14(2,13(17)20)18-12(19)11-8-10(15)6-5-9(11)4-3-7-16/h5-6,8H,7,16H2,1-2H3,(H2,17,20)(H,18,19). The van der Waals surface area contributed by atoms with Crippen molar-refractivity contribution in [1.29, 1.82) is 0 Å². The van der Waals surface area contributed by atoms with Gasteiger partial charge in [0.2, 0.25) is 5.91 Å². The van der Waals surface area contributed by atoms with Gasteiger partial charge in [0.05, 0.1) is 12.1 Å². The van der Waals surface area contributed by atoms with Crippen LogP contribution in [0.15, 0.2) is 18.2 Å². The summed E-state index contributed by atoms with van der Waals surface area (Å²) in [7, 11) is 0. The summed E-state index contributed by atoms with van der Waals surface area (Å²) in [5, 5.41) is 2.44. The predicted octanol–water partition coefficient (Wildman–Crippen LogP) is 0.130. The Labute approximate surface area is 116 Å². The van der Waals surface area contributed by atoms with Gasteiger partial charge in [0.25, 0.3) is 5.91 Å². The molecule has 106 valence electrons. The van der Waals surface area contributed by atoms with E-state index in [1.165, 1.54) is 26.0 Å². The first-order valence-electron chi connectivity index (χ1n) is 5.89. The van der Waals surface area contributed by atoms with E-state index < -0.39 is 23.2 Å². The van der Waals surface area contributed by atoms with Crippen molar-refractivity contribution in [1.82, 2.24) is 5.32 Å². The number of carbonyl (C=O) groups excluding carboxylic acids is 2. The molecule has 0 aliphatic rings. The number of primary amides is 1. The van der Waals surface area contributed by atoms with Gasteiger partial charge >= 0.3 is 0 Å². The second-order valence-corrected chi connectivity index (χ2v) is 4.64. The molecule has 0 aromatic heterocycles. The average molecular weight is 277 g/mol. The van der Waals surface area contributed by atoms with Crippen LogP contribution in [0.3, 0.4) is 0 Å². The number of hydrogen-bond acceptors (Lipinski definition) is 3. The molecule has 5 nitrogen and oxygen atoms in total. The molecule has 0 fully saturated rings. The van der Waals surface area contributed by atoms with Crippen LogP contribution in [0.5, 0.6) is 0 Å². The molecule has 0 saturated carbocycles. The van der Waals surface area contributed by atoms with Gasteiger partial charge in [-0.05, 0) is 32.0 Å². The highest BCUT2D eigenvalue weighted by Gasteiger charge is 2.28. The Kier molecular flexibility index (Phi) is 4.83. The van der Waals surface area contributed by atoms with E-state index in [9.17, 15) is 14.0 Å².